The number of hydrogen-bond donors (Lipinski definition) is 2. The van der Waals surface area contributed by atoms with Gasteiger partial charge in [0.05, 0.1) is 5.75 Å². The van der Waals surface area contributed by atoms with Crippen LogP contribution in [0.3, 0.4) is 0 Å². The van der Waals surface area contributed by atoms with Gasteiger partial charge in [0.25, 0.3) is 5.56 Å². The summed E-state index contributed by atoms with van der Waals surface area (Å²) < 4.78 is 1.54. The molecule has 7 heteroatoms. The van der Waals surface area contributed by atoms with Gasteiger partial charge in [0.2, 0.25) is 5.91 Å². The number of H-pyrrole nitrogens is 1. The highest BCUT2D eigenvalue weighted by Gasteiger charge is 2.16. The molecule has 1 amide bonds. The molecule has 6 nitrogen and oxygen atoms in total. The van der Waals surface area contributed by atoms with Gasteiger partial charge in [0.1, 0.15) is 11.0 Å². The molecule has 0 unspecified atom stereocenters. The Morgan fingerprint density at radius 3 is 2.66 bits per heavy atom. The van der Waals surface area contributed by atoms with Crippen LogP contribution in [0.2, 0.25) is 0 Å². The van der Waals surface area contributed by atoms with Gasteiger partial charge < -0.3 is 10.3 Å². The summed E-state index contributed by atoms with van der Waals surface area (Å²) in [7, 11) is 0. The molecule has 0 saturated heterocycles. The number of aromatic amines is 1. The lowest BCUT2D eigenvalue weighted by atomic mass is 10.1. The van der Waals surface area contributed by atoms with Crippen LogP contribution in [0.15, 0.2) is 89.3 Å². The number of hydrogen-bond acceptors (Lipinski definition) is 4. The second-order valence-electron chi connectivity index (χ2n) is 7.36. The predicted octanol–water partition coefficient (Wildman–Crippen LogP) is 4.95. The molecule has 5 aromatic rings. The minimum Gasteiger partial charge on any atom is -0.349 e. The zero-order valence-electron chi connectivity index (χ0n) is 17.2. The van der Waals surface area contributed by atoms with Crippen LogP contribution in [-0.4, -0.2) is 26.2 Å². The minimum absolute atomic E-state index is 0.126. The van der Waals surface area contributed by atoms with Crippen molar-refractivity contribution in [3.8, 4) is 0 Å². The first kappa shape index (κ1) is 20.1. The van der Waals surface area contributed by atoms with Gasteiger partial charge in [0, 0.05) is 28.5 Å². The van der Waals surface area contributed by atoms with Crippen LogP contribution in [-0.2, 0) is 11.3 Å². The summed E-state index contributed by atoms with van der Waals surface area (Å²) in [6.45, 7) is 4.06. The van der Waals surface area contributed by atoms with Crippen molar-refractivity contribution in [3.05, 3.63) is 89.7 Å². The Hall–Kier alpha value is -3.84. The number of anilines is 1. The molecule has 0 aliphatic carbocycles. The lowest BCUT2D eigenvalue weighted by Crippen LogP contribution is -2.23. The Bertz CT molecular complexity index is 1550. The molecule has 0 aliphatic heterocycles. The van der Waals surface area contributed by atoms with E-state index in [0.29, 0.717) is 22.7 Å². The zero-order chi connectivity index (χ0) is 22.1. The van der Waals surface area contributed by atoms with Gasteiger partial charge in [-0.1, -0.05) is 72.4 Å². The van der Waals surface area contributed by atoms with Gasteiger partial charge in [-0.2, -0.15) is 0 Å². The highest BCUT2D eigenvalue weighted by atomic mass is 32.2. The third kappa shape index (κ3) is 3.56. The summed E-state index contributed by atoms with van der Waals surface area (Å²) in [6.07, 6.45) is 1.65. The molecular weight excluding hydrogens is 420 g/mol. The number of allylic oxidation sites excluding steroid dienone is 1. The SMILES string of the molecule is C=CCn1c(SCC(=O)Nc2cccc3ccccc23)nc2c([nH]c3ccccc32)c1=O. The number of para-hydroxylation sites is 1. The first-order chi connectivity index (χ1) is 15.7. The summed E-state index contributed by atoms with van der Waals surface area (Å²) >= 11 is 1.24. The first-order valence-corrected chi connectivity index (χ1v) is 11.2. The number of nitrogens with one attached hydrogen (secondary N) is 2. The number of rotatable bonds is 6. The van der Waals surface area contributed by atoms with Crippen molar-refractivity contribution in [2.75, 3.05) is 11.1 Å². The molecule has 158 valence electrons. The summed E-state index contributed by atoms with van der Waals surface area (Å²) in [5, 5.41) is 6.39. The fourth-order valence-corrected chi connectivity index (χ4v) is 4.63. The van der Waals surface area contributed by atoms with Crippen molar-refractivity contribution < 1.29 is 4.79 Å². The van der Waals surface area contributed by atoms with Crippen LogP contribution in [0.5, 0.6) is 0 Å². The zero-order valence-corrected chi connectivity index (χ0v) is 18.0. The average Bonchev–Trinajstić information content (AvgIpc) is 3.19. The van der Waals surface area contributed by atoms with Gasteiger partial charge in [-0.05, 0) is 17.5 Å². The minimum atomic E-state index is -0.178. The molecule has 0 aliphatic rings. The molecule has 0 bridgehead atoms. The van der Waals surface area contributed by atoms with Gasteiger partial charge in [-0.15, -0.1) is 6.58 Å². The summed E-state index contributed by atoms with van der Waals surface area (Å²) in [5.41, 5.74) is 2.51. The predicted molar refractivity (Wildman–Crippen MR) is 131 cm³/mol. The maximum absolute atomic E-state index is 13.1. The molecule has 2 N–H and O–H groups in total. The van der Waals surface area contributed by atoms with E-state index in [-0.39, 0.29) is 17.2 Å². The second-order valence-corrected chi connectivity index (χ2v) is 8.30. The smallest absolute Gasteiger partial charge is 0.278 e. The Kier molecular flexibility index (Phi) is 5.25. The van der Waals surface area contributed by atoms with Crippen LogP contribution in [0.25, 0.3) is 32.7 Å². The normalized spacial score (nSPS) is 11.2. The number of aromatic nitrogens is 3. The molecule has 32 heavy (non-hydrogen) atoms. The molecule has 2 heterocycles. The Balaban J connectivity index is 1.45. The van der Waals surface area contributed by atoms with Gasteiger partial charge in [0.15, 0.2) is 5.16 Å². The maximum atomic E-state index is 13.1. The number of nitrogens with zero attached hydrogens (tertiary/aromatic N) is 2. The number of amides is 1. The van der Waals surface area contributed by atoms with Crippen molar-refractivity contribution in [1.82, 2.24) is 14.5 Å². The number of fused-ring (bicyclic) bond motifs is 4. The first-order valence-electron chi connectivity index (χ1n) is 10.2. The Morgan fingerprint density at radius 1 is 1.06 bits per heavy atom. The standard InChI is InChI=1S/C25H20N4O2S/c1-2-14-29-24(31)23-22(18-11-5-6-12-20(18)27-23)28-25(29)32-15-21(30)26-19-13-7-9-16-8-3-4-10-17(16)19/h2-13,27H,1,14-15H2,(H,26,30). The Morgan fingerprint density at radius 2 is 1.81 bits per heavy atom. The van der Waals surface area contributed by atoms with Crippen LogP contribution in [0.4, 0.5) is 5.69 Å². The molecule has 0 radical (unpaired) electrons. The second kappa shape index (κ2) is 8.36. The molecule has 0 spiro atoms. The molecular formula is C25H20N4O2S. The van der Waals surface area contributed by atoms with Crippen LogP contribution in [0.1, 0.15) is 0 Å². The lowest BCUT2D eigenvalue weighted by Gasteiger charge is -2.11. The van der Waals surface area contributed by atoms with Crippen LogP contribution < -0.4 is 10.9 Å². The van der Waals surface area contributed by atoms with Crippen molar-refractivity contribution in [3.63, 3.8) is 0 Å². The quantitative estimate of drug-likeness (QED) is 0.222. The molecule has 0 saturated carbocycles. The van der Waals surface area contributed by atoms with E-state index in [4.69, 9.17) is 4.98 Å². The monoisotopic (exact) mass is 440 g/mol. The number of carbonyl (C=O) groups excluding carboxylic acids is 1. The molecule has 0 fully saturated rings. The van der Waals surface area contributed by atoms with Crippen LogP contribution >= 0.6 is 11.8 Å². The third-order valence-electron chi connectivity index (χ3n) is 5.28. The van der Waals surface area contributed by atoms with E-state index in [1.54, 1.807) is 10.6 Å². The van der Waals surface area contributed by atoms with E-state index in [1.165, 1.54) is 11.8 Å². The van der Waals surface area contributed by atoms with E-state index < -0.39 is 0 Å². The van der Waals surface area contributed by atoms with E-state index >= 15 is 0 Å². The van der Waals surface area contributed by atoms with Gasteiger partial charge >= 0.3 is 0 Å². The molecule has 3 aromatic carbocycles. The summed E-state index contributed by atoms with van der Waals surface area (Å²) in [4.78, 5) is 33.8. The van der Waals surface area contributed by atoms with E-state index in [1.807, 2.05) is 66.7 Å². The largest absolute Gasteiger partial charge is 0.349 e. The number of thioether (sulfide) groups is 1. The molecule has 5 rings (SSSR count). The number of benzene rings is 3. The highest BCUT2D eigenvalue weighted by Crippen LogP contribution is 2.26. The topological polar surface area (TPSA) is 79.8 Å². The fourth-order valence-electron chi connectivity index (χ4n) is 3.83. The van der Waals surface area contributed by atoms with Crippen molar-refractivity contribution in [1.29, 1.82) is 0 Å². The average molecular weight is 441 g/mol. The summed E-state index contributed by atoms with van der Waals surface area (Å²) in [6, 6.07) is 21.4. The van der Waals surface area contributed by atoms with Crippen LogP contribution in [0, 0.1) is 0 Å². The van der Waals surface area contributed by atoms with E-state index in [2.05, 4.69) is 16.9 Å². The maximum Gasteiger partial charge on any atom is 0.278 e. The van der Waals surface area contributed by atoms with Gasteiger partial charge in [-0.3, -0.25) is 14.2 Å². The van der Waals surface area contributed by atoms with Crippen molar-refractivity contribution in [2.24, 2.45) is 0 Å². The fraction of sp³-hybridized carbons (Fsp3) is 0.0800. The summed E-state index contributed by atoms with van der Waals surface area (Å²) in [5.74, 6) is -0.0366. The van der Waals surface area contributed by atoms with Crippen molar-refractivity contribution in [2.45, 2.75) is 11.7 Å². The van der Waals surface area contributed by atoms with Crippen molar-refractivity contribution >= 4 is 56.1 Å². The molecule has 2 aromatic heterocycles. The van der Waals surface area contributed by atoms with E-state index in [0.717, 1.165) is 27.4 Å². The lowest BCUT2D eigenvalue weighted by molar-refractivity contribution is -0.113. The van der Waals surface area contributed by atoms with E-state index in [9.17, 15) is 9.59 Å². The molecule has 0 atom stereocenters. The van der Waals surface area contributed by atoms with Gasteiger partial charge in [-0.25, -0.2) is 4.98 Å². The Labute approximate surface area is 188 Å². The number of carbonyl (C=O) groups is 1. The highest BCUT2D eigenvalue weighted by molar-refractivity contribution is 7.99. The third-order valence-corrected chi connectivity index (χ3v) is 6.26.